The van der Waals surface area contributed by atoms with Crippen LogP contribution in [0.15, 0.2) is 42.5 Å². The highest BCUT2D eigenvalue weighted by molar-refractivity contribution is 6.00. The Kier molecular flexibility index (Phi) is 4.46. The zero-order chi connectivity index (χ0) is 19.8. The van der Waals surface area contributed by atoms with Gasteiger partial charge in [-0.2, -0.15) is 26.3 Å². The monoisotopic (exact) mass is 388 g/mol. The smallest absolute Gasteiger partial charge is 0.334 e. The van der Waals surface area contributed by atoms with Gasteiger partial charge >= 0.3 is 18.4 Å². The number of nitrogens with one attached hydrogen (secondary N) is 3. The average molecular weight is 388 g/mol. The van der Waals surface area contributed by atoms with Crippen LogP contribution in [0.5, 0.6) is 0 Å². The second-order valence-corrected chi connectivity index (χ2v) is 5.47. The van der Waals surface area contributed by atoms with Crippen molar-refractivity contribution in [2.75, 3.05) is 10.6 Å². The molecule has 0 aliphatic rings. The maximum atomic E-state index is 12.6. The molecule has 0 aliphatic carbocycles. The highest BCUT2D eigenvalue weighted by Gasteiger charge is 2.34. The standard InChI is InChI=1S/C16H10F6N4O/c17-15(18,19)8-1-3-9(4-2-8)23-14(27)24-10-5-6-11-12(7-10)26-13(25-11)16(20,21)22/h1-7H,(H,25,26)(H2,23,24,27). The van der Waals surface area contributed by atoms with Crippen LogP contribution < -0.4 is 10.6 Å². The average Bonchev–Trinajstić information content (AvgIpc) is 2.98. The predicted octanol–water partition coefficient (Wildman–Crippen LogP) is 5.24. The number of imidazole rings is 1. The lowest BCUT2D eigenvalue weighted by molar-refractivity contribution is -0.144. The van der Waals surface area contributed by atoms with Crippen molar-refractivity contribution in [3.05, 3.63) is 53.9 Å². The number of amides is 2. The molecule has 2 amide bonds. The van der Waals surface area contributed by atoms with Gasteiger partial charge in [-0.25, -0.2) is 9.78 Å². The second kappa shape index (κ2) is 6.49. The molecule has 3 N–H and O–H groups in total. The first kappa shape index (κ1) is 18.5. The zero-order valence-corrected chi connectivity index (χ0v) is 13.2. The third kappa shape index (κ3) is 4.30. The van der Waals surface area contributed by atoms with Crippen molar-refractivity contribution in [3.63, 3.8) is 0 Å². The summed E-state index contributed by atoms with van der Waals surface area (Å²) >= 11 is 0. The van der Waals surface area contributed by atoms with Gasteiger partial charge in [0.05, 0.1) is 16.6 Å². The maximum Gasteiger partial charge on any atom is 0.449 e. The van der Waals surface area contributed by atoms with Gasteiger partial charge in [-0.3, -0.25) is 0 Å². The number of carbonyl (C=O) groups excluding carboxylic acids is 1. The first-order valence-electron chi connectivity index (χ1n) is 7.34. The van der Waals surface area contributed by atoms with Gasteiger partial charge in [0.25, 0.3) is 0 Å². The Labute approximate surface area is 147 Å². The van der Waals surface area contributed by atoms with Crippen LogP contribution in [-0.4, -0.2) is 16.0 Å². The molecular weight excluding hydrogens is 378 g/mol. The zero-order valence-electron chi connectivity index (χ0n) is 13.2. The largest absolute Gasteiger partial charge is 0.449 e. The summed E-state index contributed by atoms with van der Waals surface area (Å²) in [4.78, 5) is 17.4. The van der Waals surface area contributed by atoms with E-state index in [0.717, 1.165) is 24.3 Å². The van der Waals surface area contributed by atoms with Gasteiger partial charge in [-0.1, -0.05) is 0 Å². The molecular formula is C16H10F6N4O. The number of aromatic amines is 1. The fourth-order valence-corrected chi connectivity index (χ4v) is 2.25. The van der Waals surface area contributed by atoms with Gasteiger partial charge in [0.15, 0.2) is 0 Å². The number of hydrogen-bond donors (Lipinski definition) is 3. The molecule has 0 saturated carbocycles. The van der Waals surface area contributed by atoms with E-state index in [9.17, 15) is 31.1 Å². The maximum absolute atomic E-state index is 12.6. The quantitative estimate of drug-likeness (QED) is 0.525. The Morgan fingerprint density at radius 3 is 2.04 bits per heavy atom. The number of aromatic nitrogens is 2. The van der Waals surface area contributed by atoms with Crippen LogP contribution in [0.4, 0.5) is 42.5 Å². The highest BCUT2D eigenvalue weighted by atomic mass is 19.4. The molecule has 0 unspecified atom stereocenters. The Bertz CT molecular complexity index is 975. The molecule has 2 aromatic carbocycles. The Balaban J connectivity index is 1.70. The van der Waals surface area contributed by atoms with Crippen LogP contribution >= 0.6 is 0 Å². The van der Waals surface area contributed by atoms with Gasteiger partial charge in [-0.05, 0) is 42.5 Å². The molecule has 0 aliphatic heterocycles. The number of benzene rings is 2. The molecule has 3 aromatic rings. The molecule has 11 heteroatoms. The van der Waals surface area contributed by atoms with E-state index in [4.69, 9.17) is 0 Å². The van der Waals surface area contributed by atoms with Crippen LogP contribution in [0.3, 0.4) is 0 Å². The summed E-state index contributed by atoms with van der Waals surface area (Å²) in [6.07, 6.45) is -9.12. The molecule has 0 bridgehead atoms. The van der Waals surface area contributed by atoms with Crippen LogP contribution in [0, 0.1) is 0 Å². The molecule has 5 nitrogen and oxygen atoms in total. The van der Waals surface area contributed by atoms with Crippen molar-refractivity contribution in [3.8, 4) is 0 Å². The molecule has 0 radical (unpaired) electrons. The predicted molar refractivity (Wildman–Crippen MR) is 85.2 cm³/mol. The Hall–Kier alpha value is -3.24. The van der Waals surface area contributed by atoms with Crippen molar-refractivity contribution in [1.82, 2.24) is 9.97 Å². The van der Waals surface area contributed by atoms with E-state index in [1.807, 2.05) is 0 Å². The van der Waals surface area contributed by atoms with Crippen molar-refractivity contribution >= 4 is 28.4 Å². The number of rotatable bonds is 2. The first-order chi connectivity index (χ1) is 12.5. The fraction of sp³-hybridized carbons (Fsp3) is 0.125. The number of alkyl halides is 6. The summed E-state index contributed by atoms with van der Waals surface area (Å²) in [5, 5.41) is 4.69. The number of halogens is 6. The molecule has 3 rings (SSSR count). The summed E-state index contributed by atoms with van der Waals surface area (Å²) in [7, 11) is 0. The third-order valence-electron chi connectivity index (χ3n) is 3.48. The van der Waals surface area contributed by atoms with Gasteiger partial charge in [0.1, 0.15) is 0 Å². The number of anilines is 2. The molecule has 1 heterocycles. The minimum absolute atomic E-state index is 0.00495. The Morgan fingerprint density at radius 1 is 0.852 bits per heavy atom. The van der Waals surface area contributed by atoms with Gasteiger partial charge < -0.3 is 15.6 Å². The van der Waals surface area contributed by atoms with Crippen LogP contribution in [-0.2, 0) is 12.4 Å². The summed E-state index contributed by atoms with van der Waals surface area (Å²) in [6, 6.07) is 6.89. The van der Waals surface area contributed by atoms with Crippen LogP contribution in [0.2, 0.25) is 0 Å². The van der Waals surface area contributed by atoms with Gasteiger partial charge in [0, 0.05) is 11.4 Å². The van der Waals surface area contributed by atoms with Crippen LogP contribution in [0.25, 0.3) is 11.0 Å². The minimum atomic E-state index is -4.63. The summed E-state index contributed by atoms with van der Waals surface area (Å²) in [5.41, 5.74) is -0.462. The molecule has 1 aromatic heterocycles. The van der Waals surface area contributed by atoms with Crippen molar-refractivity contribution in [2.45, 2.75) is 12.4 Å². The van der Waals surface area contributed by atoms with E-state index in [1.165, 1.54) is 18.2 Å². The molecule has 0 atom stereocenters. The summed E-state index contributed by atoms with van der Waals surface area (Å²) in [6.45, 7) is 0. The number of urea groups is 1. The summed E-state index contributed by atoms with van der Waals surface area (Å²) in [5.74, 6) is -1.16. The topological polar surface area (TPSA) is 69.8 Å². The SMILES string of the molecule is O=C(Nc1ccc(C(F)(F)F)cc1)Nc1ccc2[nH]c(C(F)(F)F)nc2c1. The van der Waals surface area contributed by atoms with Crippen molar-refractivity contribution < 1.29 is 31.1 Å². The highest BCUT2D eigenvalue weighted by Crippen LogP contribution is 2.30. The minimum Gasteiger partial charge on any atom is -0.334 e. The lowest BCUT2D eigenvalue weighted by Crippen LogP contribution is -2.19. The van der Waals surface area contributed by atoms with E-state index in [1.54, 1.807) is 0 Å². The van der Waals surface area contributed by atoms with Crippen molar-refractivity contribution in [2.24, 2.45) is 0 Å². The Morgan fingerprint density at radius 2 is 1.44 bits per heavy atom. The van der Waals surface area contributed by atoms with E-state index in [-0.39, 0.29) is 22.4 Å². The first-order valence-corrected chi connectivity index (χ1v) is 7.34. The fourth-order valence-electron chi connectivity index (χ4n) is 2.25. The lowest BCUT2D eigenvalue weighted by Gasteiger charge is -2.10. The molecule has 0 spiro atoms. The second-order valence-electron chi connectivity index (χ2n) is 5.47. The normalized spacial score (nSPS) is 12.2. The summed E-state index contributed by atoms with van der Waals surface area (Å²) < 4.78 is 75.4. The lowest BCUT2D eigenvalue weighted by atomic mass is 10.2. The number of fused-ring (bicyclic) bond motifs is 1. The van der Waals surface area contributed by atoms with E-state index in [2.05, 4.69) is 20.6 Å². The van der Waals surface area contributed by atoms with E-state index in [0.29, 0.717) is 0 Å². The molecule has 0 saturated heterocycles. The molecule has 27 heavy (non-hydrogen) atoms. The number of carbonyl (C=O) groups is 1. The molecule has 142 valence electrons. The number of H-pyrrole nitrogens is 1. The van der Waals surface area contributed by atoms with E-state index < -0.39 is 29.8 Å². The number of nitrogens with zero attached hydrogens (tertiary/aromatic N) is 1. The van der Waals surface area contributed by atoms with E-state index >= 15 is 0 Å². The third-order valence-corrected chi connectivity index (χ3v) is 3.48. The number of hydrogen-bond acceptors (Lipinski definition) is 2. The molecule has 0 fully saturated rings. The van der Waals surface area contributed by atoms with Gasteiger partial charge in [0.2, 0.25) is 5.82 Å². The van der Waals surface area contributed by atoms with Gasteiger partial charge in [-0.15, -0.1) is 0 Å². The van der Waals surface area contributed by atoms with Crippen molar-refractivity contribution in [1.29, 1.82) is 0 Å². The van der Waals surface area contributed by atoms with Crippen LogP contribution in [0.1, 0.15) is 11.4 Å².